The average Bonchev–Trinajstić information content (AvgIpc) is 2.72. The van der Waals surface area contributed by atoms with Gasteiger partial charge in [0, 0.05) is 19.3 Å². The van der Waals surface area contributed by atoms with Crippen LogP contribution in [0, 0.1) is 0 Å². The van der Waals surface area contributed by atoms with Crippen molar-refractivity contribution in [3.63, 3.8) is 0 Å². The lowest BCUT2D eigenvalue weighted by atomic mass is 10.4. The van der Waals surface area contributed by atoms with Crippen molar-refractivity contribution < 1.29 is 4.74 Å². The van der Waals surface area contributed by atoms with Gasteiger partial charge in [-0.2, -0.15) is 0 Å². The first-order valence-electron chi connectivity index (χ1n) is 5.52. The first-order chi connectivity index (χ1) is 7.92. The SMILES string of the molecule is c1ccn2nc(CN3CCOCC3)nc2c1. The molecular weight excluding hydrogens is 204 g/mol. The van der Waals surface area contributed by atoms with E-state index in [1.54, 1.807) is 0 Å². The van der Waals surface area contributed by atoms with E-state index in [4.69, 9.17) is 4.74 Å². The Kier molecular flexibility index (Phi) is 2.55. The molecule has 0 radical (unpaired) electrons. The summed E-state index contributed by atoms with van der Waals surface area (Å²) in [4.78, 5) is 6.79. The van der Waals surface area contributed by atoms with Gasteiger partial charge in [-0.1, -0.05) is 6.07 Å². The maximum atomic E-state index is 5.31. The van der Waals surface area contributed by atoms with Crippen LogP contribution in [0.4, 0.5) is 0 Å². The minimum atomic E-state index is 0.811. The molecule has 0 spiro atoms. The van der Waals surface area contributed by atoms with E-state index in [0.29, 0.717) is 0 Å². The Morgan fingerprint density at radius 2 is 2.12 bits per heavy atom. The number of pyridine rings is 1. The summed E-state index contributed by atoms with van der Waals surface area (Å²) < 4.78 is 7.12. The Morgan fingerprint density at radius 1 is 1.25 bits per heavy atom. The molecule has 84 valence electrons. The highest BCUT2D eigenvalue weighted by Gasteiger charge is 2.13. The van der Waals surface area contributed by atoms with Gasteiger partial charge in [-0.3, -0.25) is 4.90 Å². The molecule has 1 aliphatic rings. The zero-order chi connectivity index (χ0) is 10.8. The molecule has 1 saturated heterocycles. The van der Waals surface area contributed by atoms with Crippen LogP contribution in [-0.4, -0.2) is 45.8 Å². The van der Waals surface area contributed by atoms with Gasteiger partial charge in [0.15, 0.2) is 11.5 Å². The van der Waals surface area contributed by atoms with Crippen molar-refractivity contribution in [2.24, 2.45) is 0 Å². The van der Waals surface area contributed by atoms with Gasteiger partial charge in [0.25, 0.3) is 0 Å². The van der Waals surface area contributed by atoms with Gasteiger partial charge < -0.3 is 4.74 Å². The molecule has 0 amide bonds. The molecule has 0 atom stereocenters. The standard InChI is InChI=1S/C11H14N4O/c1-2-4-15-11(3-1)12-10(13-15)9-14-5-7-16-8-6-14/h1-4H,5-9H2. The van der Waals surface area contributed by atoms with Crippen molar-refractivity contribution in [1.29, 1.82) is 0 Å². The molecule has 2 aromatic rings. The van der Waals surface area contributed by atoms with Gasteiger partial charge >= 0.3 is 0 Å². The van der Waals surface area contributed by atoms with Gasteiger partial charge in [0.1, 0.15) is 0 Å². The van der Waals surface area contributed by atoms with Crippen LogP contribution in [0.25, 0.3) is 5.65 Å². The third-order valence-electron chi connectivity index (χ3n) is 2.75. The van der Waals surface area contributed by atoms with E-state index in [-0.39, 0.29) is 0 Å². The molecule has 16 heavy (non-hydrogen) atoms. The molecule has 5 heteroatoms. The van der Waals surface area contributed by atoms with Gasteiger partial charge in [-0.05, 0) is 12.1 Å². The molecule has 5 nitrogen and oxygen atoms in total. The lowest BCUT2D eigenvalue weighted by Crippen LogP contribution is -2.35. The quantitative estimate of drug-likeness (QED) is 0.738. The Hall–Kier alpha value is -1.46. The van der Waals surface area contributed by atoms with Gasteiger partial charge in [0.05, 0.1) is 19.8 Å². The second kappa shape index (κ2) is 4.19. The Balaban J connectivity index is 1.78. The number of nitrogens with zero attached hydrogens (tertiary/aromatic N) is 4. The predicted molar refractivity (Wildman–Crippen MR) is 59.1 cm³/mol. The summed E-state index contributed by atoms with van der Waals surface area (Å²) in [6, 6.07) is 5.90. The Bertz CT molecular complexity index is 443. The number of rotatable bonds is 2. The smallest absolute Gasteiger partial charge is 0.165 e. The molecule has 1 aliphatic heterocycles. The monoisotopic (exact) mass is 218 g/mol. The zero-order valence-corrected chi connectivity index (χ0v) is 9.04. The van der Waals surface area contributed by atoms with E-state index in [9.17, 15) is 0 Å². The molecule has 2 aromatic heterocycles. The number of hydrogen-bond acceptors (Lipinski definition) is 4. The third-order valence-corrected chi connectivity index (χ3v) is 2.75. The molecular formula is C11H14N4O. The van der Waals surface area contributed by atoms with Crippen molar-refractivity contribution >= 4 is 5.65 Å². The predicted octanol–water partition coefficient (Wildman–Crippen LogP) is 0.561. The van der Waals surface area contributed by atoms with Crippen LogP contribution in [0.3, 0.4) is 0 Å². The van der Waals surface area contributed by atoms with E-state index in [0.717, 1.165) is 44.3 Å². The normalized spacial score (nSPS) is 18.0. The second-order valence-corrected chi connectivity index (χ2v) is 3.92. The summed E-state index contributed by atoms with van der Waals surface area (Å²) in [6.45, 7) is 4.37. The summed E-state index contributed by atoms with van der Waals surface area (Å²) in [5, 5.41) is 4.43. The number of aromatic nitrogens is 3. The van der Waals surface area contributed by atoms with Crippen LogP contribution in [0.1, 0.15) is 5.82 Å². The van der Waals surface area contributed by atoms with E-state index in [2.05, 4.69) is 15.0 Å². The van der Waals surface area contributed by atoms with Crippen LogP contribution in [0.15, 0.2) is 24.4 Å². The lowest BCUT2D eigenvalue weighted by molar-refractivity contribution is 0.0331. The molecule has 0 saturated carbocycles. The molecule has 0 bridgehead atoms. The summed E-state index contributed by atoms with van der Waals surface area (Å²) in [5.74, 6) is 0.883. The number of fused-ring (bicyclic) bond motifs is 1. The number of hydrogen-bond donors (Lipinski definition) is 0. The van der Waals surface area contributed by atoms with Crippen molar-refractivity contribution in [2.45, 2.75) is 6.54 Å². The first kappa shape index (κ1) is 9.74. The number of ether oxygens (including phenoxy) is 1. The van der Waals surface area contributed by atoms with Crippen molar-refractivity contribution in [1.82, 2.24) is 19.5 Å². The maximum Gasteiger partial charge on any atom is 0.165 e. The minimum Gasteiger partial charge on any atom is -0.379 e. The molecule has 3 heterocycles. The fourth-order valence-electron chi connectivity index (χ4n) is 1.90. The fourth-order valence-corrected chi connectivity index (χ4v) is 1.90. The molecule has 0 aromatic carbocycles. The van der Waals surface area contributed by atoms with Crippen LogP contribution in [0.2, 0.25) is 0 Å². The highest BCUT2D eigenvalue weighted by atomic mass is 16.5. The van der Waals surface area contributed by atoms with E-state index in [1.165, 1.54) is 0 Å². The molecule has 0 N–H and O–H groups in total. The maximum absolute atomic E-state index is 5.31. The fraction of sp³-hybridized carbons (Fsp3) is 0.455. The lowest BCUT2D eigenvalue weighted by Gasteiger charge is -2.25. The second-order valence-electron chi connectivity index (χ2n) is 3.92. The molecule has 1 fully saturated rings. The Morgan fingerprint density at radius 3 is 2.94 bits per heavy atom. The Labute approximate surface area is 93.6 Å². The average molecular weight is 218 g/mol. The summed E-state index contributed by atoms with van der Waals surface area (Å²) in [5.41, 5.74) is 0.908. The van der Waals surface area contributed by atoms with E-state index < -0.39 is 0 Å². The van der Waals surface area contributed by atoms with Crippen molar-refractivity contribution in [2.75, 3.05) is 26.3 Å². The van der Waals surface area contributed by atoms with Crippen LogP contribution in [-0.2, 0) is 11.3 Å². The molecule has 0 unspecified atom stereocenters. The minimum absolute atomic E-state index is 0.811. The molecule has 3 rings (SSSR count). The van der Waals surface area contributed by atoms with E-state index >= 15 is 0 Å². The zero-order valence-electron chi connectivity index (χ0n) is 9.04. The third kappa shape index (κ3) is 1.91. The summed E-state index contributed by atoms with van der Waals surface area (Å²) in [6.07, 6.45) is 1.92. The van der Waals surface area contributed by atoms with Crippen LogP contribution < -0.4 is 0 Å². The van der Waals surface area contributed by atoms with Crippen molar-refractivity contribution in [3.05, 3.63) is 30.2 Å². The first-order valence-corrected chi connectivity index (χ1v) is 5.52. The highest BCUT2D eigenvalue weighted by Crippen LogP contribution is 2.05. The van der Waals surface area contributed by atoms with Crippen LogP contribution >= 0.6 is 0 Å². The van der Waals surface area contributed by atoms with Crippen molar-refractivity contribution in [3.8, 4) is 0 Å². The van der Waals surface area contributed by atoms with Crippen LogP contribution in [0.5, 0.6) is 0 Å². The van der Waals surface area contributed by atoms with E-state index in [1.807, 2.05) is 28.9 Å². The summed E-state index contributed by atoms with van der Waals surface area (Å²) >= 11 is 0. The molecule has 0 aliphatic carbocycles. The largest absolute Gasteiger partial charge is 0.379 e. The van der Waals surface area contributed by atoms with Gasteiger partial charge in [0.2, 0.25) is 0 Å². The number of morpholine rings is 1. The topological polar surface area (TPSA) is 42.7 Å². The van der Waals surface area contributed by atoms with Gasteiger partial charge in [-0.25, -0.2) is 9.50 Å². The highest BCUT2D eigenvalue weighted by molar-refractivity contribution is 5.36. The van der Waals surface area contributed by atoms with Gasteiger partial charge in [-0.15, -0.1) is 5.10 Å². The summed E-state index contributed by atoms with van der Waals surface area (Å²) in [7, 11) is 0.